The molecule has 2 aromatic carbocycles. The zero-order chi connectivity index (χ0) is 21.5. The number of alkyl halides is 3. The summed E-state index contributed by atoms with van der Waals surface area (Å²) in [7, 11) is 0. The number of hydrogen-bond donors (Lipinski definition) is 2. The van der Waals surface area contributed by atoms with E-state index in [4.69, 9.17) is 0 Å². The smallest absolute Gasteiger partial charge is 0.319 e. The Kier molecular flexibility index (Phi) is 4.73. The van der Waals surface area contributed by atoms with Gasteiger partial charge in [-0.1, -0.05) is 18.2 Å². The zero-order valence-corrected chi connectivity index (χ0v) is 15.5. The number of nitrogens with one attached hydrogen (secondary N) is 2. The summed E-state index contributed by atoms with van der Waals surface area (Å²) in [6.07, 6.45) is -3.64. The monoisotopic (exact) mass is 414 g/mol. The lowest BCUT2D eigenvalue weighted by molar-refractivity contribution is -0.141. The number of halogens is 4. The van der Waals surface area contributed by atoms with E-state index in [0.717, 1.165) is 18.3 Å². The van der Waals surface area contributed by atoms with E-state index in [1.165, 1.54) is 6.07 Å². The van der Waals surface area contributed by atoms with Crippen molar-refractivity contribution in [1.82, 2.24) is 15.2 Å². The van der Waals surface area contributed by atoms with Crippen molar-refractivity contribution in [2.75, 3.05) is 5.32 Å². The molecule has 0 atom stereocenters. The standard InChI is InChI=1S/C21H14F4N4O/c1-11-14(3-2-4-16(11)22)12-5-7-17-15(9-12)19(29-28-17)20(30)27-13-6-8-18(26-10-13)21(23,24)25/h2-10H,1H3,(H,27,30)(H,28,29). The van der Waals surface area contributed by atoms with Crippen molar-refractivity contribution in [1.29, 1.82) is 0 Å². The highest BCUT2D eigenvalue weighted by Gasteiger charge is 2.32. The molecule has 0 fully saturated rings. The van der Waals surface area contributed by atoms with Gasteiger partial charge in [0.2, 0.25) is 0 Å². The lowest BCUT2D eigenvalue weighted by atomic mass is 9.98. The molecule has 0 unspecified atom stereocenters. The maximum Gasteiger partial charge on any atom is 0.433 e. The van der Waals surface area contributed by atoms with Crippen LogP contribution in [-0.4, -0.2) is 21.1 Å². The van der Waals surface area contributed by atoms with E-state index in [9.17, 15) is 22.4 Å². The number of aromatic amines is 1. The summed E-state index contributed by atoms with van der Waals surface area (Å²) < 4.78 is 51.8. The fourth-order valence-electron chi connectivity index (χ4n) is 3.10. The van der Waals surface area contributed by atoms with Crippen LogP contribution in [-0.2, 0) is 6.18 Å². The minimum absolute atomic E-state index is 0.0563. The number of amides is 1. The first-order chi connectivity index (χ1) is 14.2. The van der Waals surface area contributed by atoms with E-state index < -0.39 is 17.8 Å². The Bertz CT molecular complexity index is 1250. The van der Waals surface area contributed by atoms with Gasteiger partial charge in [-0.2, -0.15) is 18.3 Å². The molecule has 0 aliphatic rings. The lowest BCUT2D eigenvalue weighted by Crippen LogP contribution is -2.14. The van der Waals surface area contributed by atoms with Crippen molar-refractivity contribution < 1.29 is 22.4 Å². The second kappa shape index (κ2) is 7.25. The Balaban J connectivity index is 1.66. The highest BCUT2D eigenvalue weighted by atomic mass is 19.4. The molecule has 4 rings (SSSR count). The number of rotatable bonds is 3. The average Bonchev–Trinajstić information content (AvgIpc) is 3.13. The van der Waals surface area contributed by atoms with Gasteiger partial charge in [-0.05, 0) is 53.9 Å². The highest BCUT2D eigenvalue weighted by molar-refractivity contribution is 6.11. The van der Waals surface area contributed by atoms with Crippen molar-refractivity contribution in [2.24, 2.45) is 0 Å². The maximum atomic E-state index is 13.9. The van der Waals surface area contributed by atoms with Gasteiger partial charge in [-0.15, -0.1) is 0 Å². The second-order valence-corrected chi connectivity index (χ2v) is 6.63. The summed E-state index contributed by atoms with van der Waals surface area (Å²) in [4.78, 5) is 16.0. The molecule has 2 N–H and O–H groups in total. The quantitative estimate of drug-likeness (QED) is 0.445. The summed E-state index contributed by atoms with van der Waals surface area (Å²) in [6, 6.07) is 11.8. The summed E-state index contributed by atoms with van der Waals surface area (Å²) in [5, 5.41) is 9.73. The first-order valence-electron chi connectivity index (χ1n) is 8.82. The number of nitrogens with zero attached hydrogens (tertiary/aromatic N) is 2. The molecule has 9 heteroatoms. The summed E-state index contributed by atoms with van der Waals surface area (Å²) in [6.45, 7) is 1.66. The topological polar surface area (TPSA) is 70.7 Å². The van der Waals surface area contributed by atoms with Crippen LogP contribution in [0.1, 0.15) is 21.7 Å². The number of H-pyrrole nitrogens is 1. The highest BCUT2D eigenvalue weighted by Crippen LogP contribution is 2.30. The van der Waals surface area contributed by atoms with Gasteiger partial charge in [0.25, 0.3) is 5.91 Å². The minimum Gasteiger partial charge on any atom is -0.319 e. The Morgan fingerprint density at radius 3 is 2.60 bits per heavy atom. The van der Waals surface area contributed by atoms with Crippen LogP contribution < -0.4 is 5.32 Å². The number of carbonyl (C=O) groups excluding carboxylic acids is 1. The van der Waals surface area contributed by atoms with Crippen LogP contribution in [0.2, 0.25) is 0 Å². The van der Waals surface area contributed by atoms with Gasteiger partial charge in [0, 0.05) is 5.39 Å². The number of aromatic nitrogens is 3. The third-order valence-electron chi connectivity index (χ3n) is 4.67. The molecule has 2 heterocycles. The molecule has 1 amide bonds. The van der Waals surface area contributed by atoms with Crippen LogP contribution >= 0.6 is 0 Å². The number of anilines is 1. The first kappa shape index (κ1) is 19.6. The Labute approximate surface area is 167 Å². The molecule has 0 radical (unpaired) electrons. The third-order valence-corrected chi connectivity index (χ3v) is 4.67. The van der Waals surface area contributed by atoms with E-state index in [-0.39, 0.29) is 17.2 Å². The van der Waals surface area contributed by atoms with Crippen LogP contribution in [0.3, 0.4) is 0 Å². The summed E-state index contributed by atoms with van der Waals surface area (Å²) >= 11 is 0. The van der Waals surface area contributed by atoms with Crippen molar-refractivity contribution in [3.05, 3.63) is 77.5 Å². The van der Waals surface area contributed by atoms with Gasteiger partial charge in [-0.25, -0.2) is 9.37 Å². The molecule has 0 saturated carbocycles. The molecule has 4 aromatic rings. The number of fused-ring (bicyclic) bond motifs is 1. The van der Waals surface area contributed by atoms with Crippen molar-refractivity contribution in [3.8, 4) is 11.1 Å². The molecule has 2 aromatic heterocycles. The van der Waals surface area contributed by atoms with Crippen LogP contribution in [0.25, 0.3) is 22.0 Å². The SMILES string of the molecule is Cc1c(F)cccc1-c1ccc2[nH]nc(C(=O)Nc3ccc(C(F)(F)F)nc3)c2c1. The molecular weight excluding hydrogens is 400 g/mol. The molecular formula is C21H14F4N4O. The normalized spacial score (nSPS) is 11.6. The predicted octanol–water partition coefficient (Wildman–Crippen LogP) is 5.34. The molecule has 0 aliphatic heterocycles. The van der Waals surface area contributed by atoms with E-state index in [2.05, 4.69) is 20.5 Å². The molecule has 0 aliphatic carbocycles. The predicted molar refractivity (Wildman–Crippen MR) is 103 cm³/mol. The van der Waals surface area contributed by atoms with Gasteiger partial charge < -0.3 is 5.32 Å². The van der Waals surface area contributed by atoms with Gasteiger partial charge in [0.1, 0.15) is 11.5 Å². The minimum atomic E-state index is -4.56. The van der Waals surface area contributed by atoms with Crippen LogP contribution in [0.15, 0.2) is 54.7 Å². The van der Waals surface area contributed by atoms with Crippen molar-refractivity contribution in [3.63, 3.8) is 0 Å². The molecule has 152 valence electrons. The fraction of sp³-hybridized carbons (Fsp3) is 0.0952. The van der Waals surface area contributed by atoms with Crippen molar-refractivity contribution in [2.45, 2.75) is 13.1 Å². The number of hydrogen-bond acceptors (Lipinski definition) is 3. The molecule has 0 spiro atoms. The van der Waals surface area contributed by atoms with E-state index in [1.54, 1.807) is 37.3 Å². The lowest BCUT2D eigenvalue weighted by Gasteiger charge is -2.08. The van der Waals surface area contributed by atoms with E-state index >= 15 is 0 Å². The van der Waals surface area contributed by atoms with Crippen LogP contribution in [0.5, 0.6) is 0 Å². The molecule has 5 nitrogen and oxygen atoms in total. The molecule has 0 bridgehead atoms. The Hall–Kier alpha value is -3.75. The molecule has 30 heavy (non-hydrogen) atoms. The molecule has 0 saturated heterocycles. The van der Waals surface area contributed by atoms with E-state index in [0.29, 0.717) is 27.6 Å². The zero-order valence-electron chi connectivity index (χ0n) is 15.5. The second-order valence-electron chi connectivity index (χ2n) is 6.63. The van der Waals surface area contributed by atoms with Crippen LogP contribution in [0.4, 0.5) is 23.2 Å². The van der Waals surface area contributed by atoms with E-state index in [1.807, 2.05) is 0 Å². The largest absolute Gasteiger partial charge is 0.433 e. The number of benzene rings is 2. The van der Waals surface area contributed by atoms with Crippen LogP contribution in [0, 0.1) is 12.7 Å². The van der Waals surface area contributed by atoms with Gasteiger partial charge >= 0.3 is 6.18 Å². The third kappa shape index (κ3) is 3.61. The Morgan fingerprint density at radius 2 is 1.90 bits per heavy atom. The fourth-order valence-corrected chi connectivity index (χ4v) is 3.10. The number of carbonyl (C=O) groups is 1. The summed E-state index contributed by atoms with van der Waals surface area (Å²) in [5.74, 6) is -0.955. The maximum absolute atomic E-state index is 13.9. The van der Waals surface area contributed by atoms with Gasteiger partial charge in [-0.3, -0.25) is 9.89 Å². The van der Waals surface area contributed by atoms with Gasteiger partial charge in [0.05, 0.1) is 17.4 Å². The first-order valence-corrected chi connectivity index (χ1v) is 8.82. The van der Waals surface area contributed by atoms with Gasteiger partial charge in [0.15, 0.2) is 5.69 Å². The summed E-state index contributed by atoms with van der Waals surface area (Å²) in [5.41, 5.74) is 1.54. The average molecular weight is 414 g/mol. The van der Waals surface area contributed by atoms with Crippen molar-refractivity contribution >= 4 is 22.5 Å². The Morgan fingerprint density at radius 1 is 1.10 bits per heavy atom. The number of pyridine rings is 1.